The summed E-state index contributed by atoms with van der Waals surface area (Å²) < 4.78 is 0. The van der Waals surface area contributed by atoms with Crippen molar-refractivity contribution in [2.24, 2.45) is 0 Å². The van der Waals surface area contributed by atoms with Gasteiger partial charge in [0, 0.05) is 26.8 Å². The lowest BCUT2D eigenvalue weighted by atomic mass is 9.82. The topological polar surface area (TPSA) is 41.6 Å². The van der Waals surface area contributed by atoms with Crippen molar-refractivity contribution >= 4 is 33.6 Å². The lowest BCUT2D eigenvalue weighted by molar-refractivity contribution is 0.590. The molecular formula is C42H37N3S. The largest absolute Gasteiger partial charge is 0.353 e. The second-order valence-electron chi connectivity index (χ2n) is 14.5. The van der Waals surface area contributed by atoms with E-state index in [9.17, 15) is 0 Å². The van der Waals surface area contributed by atoms with E-state index in [0.717, 1.165) is 54.7 Å². The Hall–Kier alpha value is -4.67. The van der Waals surface area contributed by atoms with Gasteiger partial charge in [0.15, 0.2) is 0 Å². The molecule has 4 heterocycles. The predicted octanol–water partition coefficient (Wildman–Crippen LogP) is 11.8. The van der Waals surface area contributed by atoms with Crippen LogP contribution in [0.15, 0.2) is 119 Å². The Morgan fingerprint density at radius 3 is 1.85 bits per heavy atom. The van der Waals surface area contributed by atoms with Crippen molar-refractivity contribution in [3.05, 3.63) is 120 Å². The number of fused-ring (bicyclic) bond motifs is 10. The van der Waals surface area contributed by atoms with Gasteiger partial charge < -0.3 is 4.98 Å². The van der Waals surface area contributed by atoms with Crippen LogP contribution in [0.2, 0.25) is 0 Å². The smallest absolute Gasteiger partial charge is 0.102 e. The maximum absolute atomic E-state index is 5.37. The molecule has 0 unspecified atom stereocenters. The molecule has 4 heteroatoms. The Morgan fingerprint density at radius 1 is 0.500 bits per heavy atom. The fraction of sp³-hybridized carbons (Fsp3) is 0.190. The molecule has 4 aromatic carbocycles. The fourth-order valence-electron chi connectivity index (χ4n) is 6.46. The van der Waals surface area contributed by atoms with Crippen molar-refractivity contribution in [3.63, 3.8) is 0 Å². The Morgan fingerprint density at radius 2 is 1.13 bits per heavy atom. The molecule has 8 rings (SSSR count). The summed E-state index contributed by atoms with van der Waals surface area (Å²) in [5, 5.41) is 3.43. The maximum Gasteiger partial charge on any atom is 0.102 e. The van der Waals surface area contributed by atoms with Crippen LogP contribution in [0, 0.1) is 0 Å². The third-order valence-corrected chi connectivity index (χ3v) is 10.0. The zero-order valence-electron chi connectivity index (χ0n) is 27.2. The highest BCUT2D eigenvalue weighted by Gasteiger charge is 2.24. The van der Waals surface area contributed by atoms with Gasteiger partial charge in [-0.15, -0.1) is 0 Å². The number of nitrogens with one attached hydrogen (secondary N) is 1. The molecule has 1 aliphatic heterocycles. The molecular weight excluding hydrogens is 579 g/mol. The van der Waals surface area contributed by atoms with Gasteiger partial charge in [0.1, 0.15) is 5.03 Å². The molecule has 0 atom stereocenters. The first-order valence-electron chi connectivity index (χ1n) is 16.0. The number of aromatic amines is 1. The van der Waals surface area contributed by atoms with Crippen molar-refractivity contribution in [3.8, 4) is 44.9 Å². The fourth-order valence-corrected chi connectivity index (χ4v) is 7.32. The molecule has 0 spiro atoms. The van der Waals surface area contributed by atoms with E-state index in [2.05, 4.69) is 156 Å². The van der Waals surface area contributed by atoms with Gasteiger partial charge in [0.2, 0.25) is 0 Å². The van der Waals surface area contributed by atoms with Gasteiger partial charge >= 0.3 is 0 Å². The van der Waals surface area contributed by atoms with E-state index in [1.54, 1.807) is 11.8 Å². The highest BCUT2D eigenvalue weighted by Crippen LogP contribution is 2.44. The summed E-state index contributed by atoms with van der Waals surface area (Å²) >= 11 is 1.69. The lowest BCUT2D eigenvalue weighted by Crippen LogP contribution is -2.11. The number of pyridine rings is 2. The minimum absolute atomic E-state index is 0.0188. The van der Waals surface area contributed by atoms with Crippen LogP contribution in [-0.4, -0.2) is 15.0 Å². The van der Waals surface area contributed by atoms with Gasteiger partial charge in [0.05, 0.1) is 28.1 Å². The van der Waals surface area contributed by atoms with Crippen LogP contribution in [-0.2, 0) is 10.8 Å². The van der Waals surface area contributed by atoms with Crippen LogP contribution in [0.5, 0.6) is 0 Å². The van der Waals surface area contributed by atoms with Crippen molar-refractivity contribution in [1.29, 1.82) is 0 Å². The zero-order chi connectivity index (χ0) is 31.8. The predicted molar refractivity (Wildman–Crippen MR) is 195 cm³/mol. The first-order valence-corrected chi connectivity index (χ1v) is 16.8. The monoisotopic (exact) mass is 615 g/mol. The third kappa shape index (κ3) is 5.02. The first-order chi connectivity index (χ1) is 22.0. The molecule has 1 N–H and O–H groups in total. The molecule has 0 aliphatic carbocycles. The van der Waals surface area contributed by atoms with E-state index in [1.165, 1.54) is 33.0 Å². The van der Waals surface area contributed by atoms with Gasteiger partial charge in [-0.3, -0.25) is 0 Å². The minimum atomic E-state index is -0.0564. The van der Waals surface area contributed by atoms with E-state index in [1.807, 2.05) is 0 Å². The van der Waals surface area contributed by atoms with Crippen LogP contribution in [0.4, 0.5) is 0 Å². The number of H-pyrrole nitrogens is 1. The molecule has 46 heavy (non-hydrogen) atoms. The summed E-state index contributed by atoms with van der Waals surface area (Å²) in [6, 6.07) is 39.7. The summed E-state index contributed by atoms with van der Waals surface area (Å²) in [5.41, 5.74) is 13.3. The summed E-state index contributed by atoms with van der Waals surface area (Å²) in [5.74, 6) is 0. The standard InChI is InChI=1S/C42H37N3S/c1-41(2,3)28-21-31-26-14-10-15-30(18-26)46-38-17-11-16-35(44-38)37-20-27(25-12-8-7-9-13-25)19-36(43-37)34-24-29(42(4,5)6)23-33-32(22-28)39(31)45-40(33)34/h7-24,45H,1-6H3. The van der Waals surface area contributed by atoms with E-state index in [0.29, 0.717) is 0 Å². The van der Waals surface area contributed by atoms with Crippen LogP contribution < -0.4 is 0 Å². The molecule has 0 radical (unpaired) electrons. The molecule has 0 saturated heterocycles. The normalized spacial score (nSPS) is 12.9. The minimum Gasteiger partial charge on any atom is -0.353 e. The summed E-state index contributed by atoms with van der Waals surface area (Å²) in [7, 11) is 0. The van der Waals surface area contributed by atoms with Crippen molar-refractivity contribution < 1.29 is 0 Å². The van der Waals surface area contributed by atoms with Gasteiger partial charge in [-0.1, -0.05) is 102 Å². The number of benzene rings is 4. The molecule has 1 aliphatic rings. The molecule has 0 saturated carbocycles. The zero-order valence-corrected chi connectivity index (χ0v) is 28.0. The first kappa shape index (κ1) is 28.8. The Bertz CT molecular complexity index is 2300. The molecule has 3 aromatic heterocycles. The molecule has 0 fully saturated rings. The second kappa shape index (κ2) is 10.4. The SMILES string of the molecule is CC(C)(C)c1cc2c3[nH]c4c(cc(C(C)(C)C)cc4c3c1)-c1cc(-c3ccccc3)cc(n1)-c1cccc(n1)Sc1cccc-2c1. The average molecular weight is 616 g/mol. The van der Waals surface area contributed by atoms with E-state index in [-0.39, 0.29) is 10.8 Å². The Kier molecular flexibility index (Phi) is 6.53. The van der Waals surface area contributed by atoms with Gasteiger partial charge in [-0.2, -0.15) is 0 Å². The maximum atomic E-state index is 5.37. The van der Waals surface area contributed by atoms with Crippen LogP contribution in [0.25, 0.3) is 66.7 Å². The molecule has 3 nitrogen and oxygen atoms in total. The van der Waals surface area contributed by atoms with Gasteiger partial charge in [0.25, 0.3) is 0 Å². The molecule has 8 bridgehead atoms. The quantitative estimate of drug-likeness (QED) is 0.200. The number of rotatable bonds is 1. The Labute approximate surface area is 275 Å². The summed E-state index contributed by atoms with van der Waals surface area (Å²) in [6.07, 6.45) is 0. The number of nitrogens with zero attached hydrogens (tertiary/aromatic N) is 2. The summed E-state index contributed by atoms with van der Waals surface area (Å²) in [6.45, 7) is 13.8. The Balaban J connectivity index is 1.56. The van der Waals surface area contributed by atoms with Gasteiger partial charge in [-0.05, 0) is 99.3 Å². The van der Waals surface area contributed by atoms with Crippen LogP contribution >= 0.6 is 11.8 Å². The van der Waals surface area contributed by atoms with Crippen LogP contribution in [0.3, 0.4) is 0 Å². The number of hydrogen-bond acceptors (Lipinski definition) is 3. The van der Waals surface area contributed by atoms with E-state index < -0.39 is 0 Å². The third-order valence-electron chi connectivity index (χ3n) is 9.11. The van der Waals surface area contributed by atoms with Crippen molar-refractivity contribution in [2.45, 2.75) is 62.3 Å². The van der Waals surface area contributed by atoms with Crippen molar-refractivity contribution in [2.75, 3.05) is 0 Å². The van der Waals surface area contributed by atoms with E-state index >= 15 is 0 Å². The molecule has 0 amide bonds. The lowest BCUT2D eigenvalue weighted by Gasteiger charge is -2.22. The molecule has 226 valence electrons. The average Bonchev–Trinajstić information content (AvgIpc) is 3.42. The van der Waals surface area contributed by atoms with Crippen LogP contribution in [0.1, 0.15) is 52.7 Å². The van der Waals surface area contributed by atoms with Gasteiger partial charge in [-0.25, -0.2) is 9.97 Å². The number of aromatic nitrogens is 3. The highest BCUT2D eigenvalue weighted by molar-refractivity contribution is 7.99. The summed E-state index contributed by atoms with van der Waals surface area (Å²) in [4.78, 5) is 15.6. The second-order valence-corrected chi connectivity index (χ2v) is 15.6. The number of hydrogen-bond donors (Lipinski definition) is 1. The highest BCUT2D eigenvalue weighted by atomic mass is 32.2. The van der Waals surface area contributed by atoms with Crippen molar-refractivity contribution in [1.82, 2.24) is 15.0 Å². The van der Waals surface area contributed by atoms with E-state index in [4.69, 9.17) is 9.97 Å². The molecule has 7 aromatic rings.